The lowest BCUT2D eigenvalue weighted by Gasteiger charge is -2.11. The zero-order valence-corrected chi connectivity index (χ0v) is 12.4. The first-order chi connectivity index (χ1) is 9.83. The third-order valence-electron chi connectivity index (χ3n) is 3.73. The van der Waals surface area contributed by atoms with Crippen molar-refractivity contribution in [3.8, 4) is 0 Å². The maximum atomic E-state index is 11.8. The summed E-state index contributed by atoms with van der Waals surface area (Å²) in [5.74, 6) is 0. The fraction of sp³-hybridized carbons (Fsp3) is 0.188. The number of carbonyl (C=O) groups excluding carboxylic acids is 1. The molecule has 4 heteroatoms. The van der Waals surface area contributed by atoms with Crippen molar-refractivity contribution in [1.29, 1.82) is 0 Å². The molecular weight excluding hydrogens is 286 g/mol. The number of allylic oxidation sites excluding steroid dienone is 3. The molecule has 0 radical (unpaired) electrons. The molecule has 2 nitrogen and oxygen atoms in total. The number of hydrogen-bond donors (Lipinski definition) is 1. The summed E-state index contributed by atoms with van der Waals surface area (Å²) >= 11 is 3.16. The highest BCUT2D eigenvalue weighted by atomic mass is 32.2. The average Bonchev–Trinajstić information content (AvgIpc) is 2.64. The summed E-state index contributed by atoms with van der Waals surface area (Å²) in [6.45, 7) is 0.928. The minimum Gasteiger partial charge on any atom is -0.391 e. The van der Waals surface area contributed by atoms with Crippen LogP contribution in [0.4, 0.5) is 0 Å². The average molecular weight is 299 g/mol. The first-order valence-electron chi connectivity index (χ1n) is 6.67. The second-order valence-electron chi connectivity index (χ2n) is 4.94. The molecule has 4 rings (SSSR count). The molecule has 1 N–H and O–H groups in total. The van der Waals surface area contributed by atoms with Crippen LogP contribution in [-0.2, 0) is 4.79 Å². The van der Waals surface area contributed by atoms with Gasteiger partial charge >= 0.3 is 0 Å². The minimum absolute atomic E-state index is 0.273. The van der Waals surface area contributed by atoms with E-state index in [1.54, 1.807) is 11.8 Å². The van der Waals surface area contributed by atoms with Crippen LogP contribution in [0.25, 0.3) is 5.57 Å². The van der Waals surface area contributed by atoms with E-state index in [2.05, 4.69) is 35.7 Å². The van der Waals surface area contributed by atoms with Crippen LogP contribution in [0.5, 0.6) is 0 Å². The van der Waals surface area contributed by atoms with Crippen molar-refractivity contribution in [1.82, 2.24) is 5.32 Å². The highest BCUT2D eigenvalue weighted by molar-refractivity contribution is 8.30. The van der Waals surface area contributed by atoms with E-state index in [9.17, 15) is 4.79 Å². The van der Waals surface area contributed by atoms with Crippen LogP contribution in [0.1, 0.15) is 18.4 Å². The summed E-state index contributed by atoms with van der Waals surface area (Å²) in [5.41, 5.74) is 5.16. The fourth-order valence-corrected chi connectivity index (χ4v) is 5.24. The Morgan fingerprint density at radius 2 is 2.00 bits per heavy atom. The van der Waals surface area contributed by atoms with Crippen LogP contribution < -0.4 is 5.32 Å². The van der Waals surface area contributed by atoms with Gasteiger partial charge in [0.2, 0.25) is 0 Å². The first-order valence-corrected chi connectivity index (χ1v) is 8.31. The maximum absolute atomic E-state index is 11.8. The van der Waals surface area contributed by atoms with Gasteiger partial charge in [-0.25, -0.2) is 0 Å². The van der Waals surface area contributed by atoms with E-state index in [4.69, 9.17) is 0 Å². The molecule has 0 atom stereocenters. The van der Waals surface area contributed by atoms with E-state index >= 15 is 0 Å². The van der Waals surface area contributed by atoms with Crippen molar-refractivity contribution >= 4 is 34.2 Å². The number of benzene rings is 1. The largest absolute Gasteiger partial charge is 0.391 e. The fourth-order valence-electron chi connectivity index (χ4n) is 2.83. The molecule has 1 aromatic rings. The summed E-state index contributed by atoms with van der Waals surface area (Å²) in [5, 5.41) is 3.58. The van der Waals surface area contributed by atoms with Crippen LogP contribution >= 0.6 is 23.5 Å². The number of thioether (sulfide) groups is 2. The van der Waals surface area contributed by atoms with Gasteiger partial charge in [0.25, 0.3) is 0 Å². The molecule has 3 heterocycles. The zero-order chi connectivity index (χ0) is 13.5. The summed E-state index contributed by atoms with van der Waals surface area (Å²) in [6.07, 6.45) is 5.74. The molecule has 0 aromatic heterocycles. The lowest BCUT2D eigenvalue weighted by Crippen LogP contribution is -2.06. The number of fused-ring (bicyclic) bond motifs is 3. The molecule has 0 bridgehead atoms. The van der Waals surface area contributed by atoms with Crippen molar-refractivity contribution in [2.24, 2.45) is 0 Å². The zero-order valence-electron chi connectivity index (χ0n) is 10.8. The van der Waals surface area contributed by atoms with Crippen molar-refractivity contribution < 1.29 is 4.79 Å². The molecule has 0 amide bonds. The summed E-state index contributed by atoms with van der Waals surface area (Å²) in [7, 11) is 0. The van der Waals surface area contributed by atoms with E-state index in [0.29, 0.717) is 6.42 Å². The SMILES string of the molecule is O=C1CC2=C(S1)Sc1ccccc1C1=C2CCNC=C1. The third kappa shape index (κ3) is 1.95. The van der Waals surface area contributed by atoms with E-state index in [0.717, 1.165) is 13.0 Å². The molecule has 1 aromatic carbocycles. The van der Waals surface area contributed by atoms with Gasteiger partial charge in [0, 0.05) is 17.9 Å². The third-order valence-corrected chi connectivity index (χ3v) is 6.04. The highest BCUT2D eigenvalue weighted by Gasteiger charge is 2.31. The molecular formula is C16H13NOS2. The molecule has 0 aliphatic carbocycles. The van der Waals surface area contributed by atoms with E-state index in [-0.39, 0.29) is 5.12 Å². The van der Waals surface area contributed by atoms with Crippen molar-refractivity contribution in [2.75, 3.05) is 6.54 Å². The van der Waals surface area contributed by atoms with Gasteiger partial charge in [0.05, 0.1) is 4.24 Å². The Morgan fingerprint density at radius 1 is 1.10 bits per heavy atom. The molecule has 100 valence electrons. The first kappa shape index (κ1) is 12.4. The Balaban J connectivity index is 1.98. The minimum atomic E-state index is 0.273. The standard InChI is InChI=1S/C16H13NOS2/c18-15-9-13-11-6-8-17-7-5-10(11)12-3-1-2-4-14(12)19-16(13)20-15/h1-5,7,17H,6,8-9H2. The van der Waals surface area contributed by atoms with Crippen molar-refractivity contribution in [3.63, 3.8) is 0 Å². The second kappa shape index (κ2) is 4.86. The van der Waals surface area contributed by atoms with Gasteiger partial charge in [0.1, 0.15) is 0 Å². The van der Waals surface area contributed by atoms with E-state index in [1.165, 1.54) is 43.2 Å². The number of rotatable bonds is 0. The highest BCUT2D eigenvalue weighted by Crippen LogP contribution is 2.52. The van der Waals surface area contributed by atoms with Gasteiger partial charge in [-0.1, -0.05) is 30.0 Å². The van der Waals surface area contributed by atoms with Gasteiger partial charge in [-0.2, -0.15) is 0 Å². The van der Waals surface area contributed by atoms with E-state index < -0.39 is 0 Å². The van der Waals surface area contributed by atoms with Gasteiger partial charge < -0.3 is 5.32 Å². The molecule has 0 fully saturated rings. The molecule has 20 heavy (non-hydrogen) atoms. The van der Waals surface area contributed by atoms with Crippen molar-refractivity contribution in [2.45, 2.75) is 17.7 Å². The Bertz CT molecular complexity index is 700. The normalized spacial score (nSPS) is 20.9. The van der Waals surface area contributed by atoms with Gasteiger partial charge in [-0.15, -0.1) is 0 Å². The smallest absolute Gasteiger partial charge is 0.198 e. The monoisotopic (exact) mass is 299 g/mol. The Kier molecular flexibility index (Phi) is 3.00. The molecule has 0 saturated heterocycles. The van der Waals surface area contributed by atoms with E-state index in [1.807, 2.05) is 6.20 Å². The van der Waals surface area contributed by atoms with Gasteiger partial charge in [-0.3, -0.25) is 4.79 Å². The second-order valence-corrected chi connectivity index (χ2v) is 7.32. The topological polar surface area (TPSA) is 29.1 Å². The lowest BCUT2D eigenvalue weighted by molar-refractivity contribution is -0.110. The van der Waals surface area contributed by atoms with Crippen LogP contribution in [0.2, 0.25) is 0 Å². The predicted octanol–water partition coefficient (Wildman–Crippen LogP) is 3.93. The summed E-state index contributed by atoms with van der Waals surface area (Å²) < 4.78 is 1.18. The lowest BCUT2D eigenvalue weighted by atomic mass is 9.92. The molecule has 0 spiro atoms. The Hall–Kier alpha value is -1.39. The number of carbonyl (C=O) groups is 1. The molecule has 0 unspecified atom stereocenters. The van der Waals surface area contributed by atoms with Crippen LogP contribution in [0.15, 0.2) is 56.8 Å². The van der Waals surface area contributed by atoms with Crippen LogP contribution in [0.3, 0.4) is 0 Å². The maximum Gasteiger partial charge on any atom is 0.198 e. The molecule has 0 saturated carbocycles. The number of nitrogens with one attached hydrogen (secondary N) is 1. The van der Waals surface area contributed by atoms with Crippen LogP contribution in [-0.4, -0.2) is 11.7 Å². The molecule has 3 aliphatic rings. The molecule has 3 aliphatic heterocycles. The summed E-state index contributed by atoms with van der Waals surface area (Å²) in [4.78, 5) is 13.1. The number of hydrogen-bond acceptors (Lipinski definition) is 4. The quantitative estimate of drug-likeness (QED) is 0.786. The van der Waals surface area contributed by atoms with Crippen LogP contribution in [0, 0.1) is 0 Å². The van der Waals surface area contributed by atoms with Crippen molar-refractivity contribution in [3.05, 3.63) is 57.5 Å². The Labute approximate surface area is 126 Å². The van der Waals surface area contributed by atoms with Gasteiger partial charge in [0.15, 0.2) is 5.12 Å². The van der Waals surface area contributed by atoms with Gasteiger partial charge in [-0.05, 0) is 58.8 Å². The predicted molar refractivity (Wildman–Crippen MR) is 85.2 cm³/mol. The Morgan fingerprint density at radius 3 is 2.95 bits per heavy atom. The summed E-state index contributed by atoms with van der Waals surface area (Å²) in [6, 6.07) is 8.49.